The van der Waals surface area contributed by atoms with Gasteiger partial charge in [0.05, 0.1) is 21.3 Å². The topological polar surface area (TPSA) is 82.7 Å². The number of benzene rings is 2. The van der Waals surface area contributed by atoms with Gasteiger partial charge in [-0.15, -0.1) is 0 Å². The zero-order chi connectivity index (χ0) is 22.9. The zero-order valence-electron chi connectivity index (χ0n) is 18.0. The highest BCUT2D eigenvalue weighted by molar-refractivity contribution is 6.44. The van der Waals surface area contributed by atoms with Crippen molar-refractivity contribution in [2.75, 3.05) is 48.9 Å². The normalized spacial score (nSPS) is 13.5. The van der Waals surface area contributed by atoms with Crippen LogP contribution in [0.25, 0.3) is 0 Å². The van der Waals surface area contributed by atoms with Crippen LogP contribution in [0.5, 0.6) is 0 Å². The number of hydrogen-bond donors (Lipinski definition) is 3. The summed E-state index contributed by atoms with van der Waals surface area (Å²) in [5, 5.41) is 9.01. The number of nitrogens with one attached hydrogen (secondary N) is 3. The largest absolute Gasteiger partial charge is 0.385 e. The van der Waals surface area contributed by atoms with Crippen LogP contribution in [0, 0.1) is 0 Å². The number of halogens is 2. The molecule has 1 fully saturated rings. The Labute approximate surface area is 198 Å². The highest BCUT2D eigenvalue weighted by Crippen LogP contribution is 2.30. The van der Waals surface area contributed by atoms with Gasteiger partial charge in [-0.3, -0.25) is 4.79 Å². The first-order chi connectivity index (χ1) is 15.5. The van der Waals surface area contributed by atoms with Crippen molar-refractivity contribution in [1.29, 1.82) is 0 Å². The van der Waals surface area contributed by atoms with Gasteiger partial charge in [0.2, 0.25) is 0 Å². The molecule has 9 heteroatoms. The minimum absolute atomic E-state index is 0.177. The molecular weight excluding hydrogens is 451 g/mol. The minimum Gasteiger partial charge on any atom is -0.385 e. The van der Waals surface area contributed by atoms with Crippen molar-refractivity contribution in [2.24, 2.45) is 0 Å². The summed E-state index contributed by atoms with van der Waals surface area (Å²) in [4.78, 5) is 27.7. The molecule has 1 aliphatic rings. The van der Waals surface area contributed by atoms with Crippen LogP contribution in [0.2, 0.25) is 10.0 Å². The second kappa shape index (κ2) is 11.9. The van der Waals surface area contributed by atoms with Crippen molar-refractivity contribution in [3.05, 3.63) is 52.0 Å². The molecule has 3 amide bonds. The van der Waals surface area contributed by atoms with E-state index in [1.165, 1.54) is 6.42 Å². The maximum atomic E-state index is 12.9. The molecule has 0 unspecified atom stereocenters. The summed E-state index contributed by atoms with van der Waals surface area (Å²) in [6, 6.07) is 9.90. The van der Waals surface area contributed by atoms with Crippen LogP contribution in [0.3, 0.4) is 0 Å². The van der Waals surface area contributed by atoms with Gasteiger partial charge < -0.3 is 25.6 Å². The summed E-state index contributed by atoms with van der Waals surface area (Å²) in [6.45, 7) is 2.90. The Morgan fingerprint density at radius 3 is 2.59 bits per heavy atom. The van der Waals surface area contributed by atoms with E-state index < -0.39 is 6.03 Å². The minimum atomic E-state index is -0.480. The van der Waals surface area contributed by atoms with E-state index >= 15 is 0 Å². The Morgan fingerprint density at radius 2 is 1.84 bits per heavy atom. The van der Waals surface area contributed by atoms with Crippen LogP contribution < -0.4 is 20.9 Å². The van der Waals surface area contributed by atoms with Crippen molar-refractivity contribution in [1.82, 2.24) is 5.32 Å². The van der Waals surface area contributed by atoms with Crippen molar-refractivity contribution in [2.45, 2.75) is 25.7 Å². The number of ether oxygens (including phenoxy) is 1. The Hall–Kier alpha value is -2.48. The molecule has 2 aromatic rings. The number of nitrogens with zero attached hydrogens (tertiary/aromatic N) is 1. The molecule has 1 saturated heterocycles. The van der Waals surface area contributed by atoms with Crippen LogP contribution in [0.4, 0.5) is 21.9 Å². The van der Waals surface area contributed by atoms with Gasteiger partial charge in [0.25, 0.3) is 5.91 Å². The summed E-state index contributed by atoms with van der Waals surface area (Å²) in [5.74, 6) is -0.177. The van der Waals surface area contributed by atoms with Gasteiger partial charge in [0.1, 0.15) is 0 Å². The van der Waals surface area contributed by atoms with Gasteiger partial charge >= 0.3 is 6.03 Å². The highest BCUT2D eigenvalue weighted by Gasteiger charge is 2.20. The summed E-state index contributed by atoms with van der Waals surface area (Å²) in [6.07, 6.45) is 4.11. The van der Waals surface area contributed by atoms with Crippen LogP contribution in [0.1, 0.15) is 36.0 Å². The van der Waals surface area contributed by atoms with Crippen molar-refractivity contribution in [3.8, 4) is 0 Å². The number of anilines is 3. The molecule has 1 heterocycles. The quantitative estimate of drug-likeness (QED) is 0.443. The lowest BCUT2D eigenvalue weighted by Crippen LogP contribution is -2.33. The predicted octanol–water partition coefficient (Wildman–Crippen LogP) is 5.39. The Kier molecular flexibility index (Phi) is 9.02. The van der Waals surface area contributed by atoms with E-state index in [0.717, 1.165) is 38.0 Å². The van der Waals surface area contributed by atoms with Crippen LogP contribution >= 0.6 is 23.2 Å². The molecule has 32 heavy (non-hydrogen) atoms. The number of urea groups is 1. The fourth-order valence-corrected chi connectivity index (χ4v) is 3.95. The average Bonchev–Trinajstić information content (AvgIpc) is 2.80. The highest BCUT2D eigenvalue weighted by atomic mass is 35.5. The molecule has 1 aliphatic heterocycles. The van der Waals surface area contributed by atoms with E-state index in [0.29, 0.717) is 35.1 Å². The summed E-state index contributed by atoms with van der Waals surface area (Å²) < 4.78 is 5.04. The van der Waals surface area contributed by atoms with Crippen molar-refractivity contribution in [3.63, 3.8) is 0 Å². The van der Waals surface area contributed by atoms with E-state index in [9.17, 15) is 9.59 Å². The first-order valence-corrected chi connectivity index (χ1v) is 11.4. The smallest absolute Gasteiger partial charge is 0.323 e. The maximum Gasteiger partial charge on any atom is 0.323 e. The molecule has 0 bridgehead atoms. The number of carbonyl (C=O) groups is 2. The molecular formula is C23H28Cl2N4O3. The summed E-state index contributed by atoms with van der Waals surface area (Å²) in [7, 11) is 1.63. The standard InChI is InChI=1S/C23H28Cl2N4O3/c1-32-14-6-11-26-22(30)17-15-16(9-10-20(17)29-12-3-2-4-13-29)27-23(31)28-19-8-5-7-18(24)21(19)25/h5,7-10,15H,2-4,6,11-14H2,1H3,(H,26,30)(H2,27,28,31). The molecule has 172 valence electrons. The van der Waals surface area contributed by atoms with Crippen molar-refractivity contribution >= 4 is 52.2 Å². The van der Waals surface area contributed by atoms with Gasteiger partial charge in [-0.25, -0.2) is 4.79 Å². The van der Waals surface area contributed by atoms with E-state index in [-0.39, 0.29) is 10.9 Å². The lowest BCUT2D eigenvalue weighted by Gasteiger charge is -2.30. The van der Waals surface area contributed by atoms with Crippen LogP contribution in [-0.4, -0.2) is 45.3 Å². The molecule has 2 aromatic carbocycles. The number of amides is 3. The number of methoxy groups -OCH3 is 1. The fourth-order valence-electron chi connectivity index (χ4n) is 3.60. The lowest BCUT2D eigenvalue weighted by atomic mass is 10.1. The number of hydrogen-bond acceptors (Lipinski definition) is 4. The van der Waals surface area contributed by atoms with Crippen molar-refractivity contribution < 1.29 is 14.3 Å². The third kappa shape index (κ3) is 6.51. The van der Waals surface area contributed by atoms with Gasteiger partial charge in [0, 0.05) is 44.7 Å². The Balaban J connectivity index is 1.76. The Bertz CT molecular complexity index is 949. The third-order valence-corrected chi connectivity index (χ3v) is 6.03. The van der Waals surface area contributed by atoms with Gasteiger partial charge in [-0.05, 0) is 56.0 Å². The first-order valence-electron chi connectivity index (χ1n) is 10.7. The maximum absolute atomic E-state index is 12.9. The van der Waals surface area contributed by atoms with E-state index in [2.05, 4.69) is 20.9 Å². The summed E-state index contributed by atoms with van der Waals surface area (Å²) >= 11 is 12.1. The molecule has 3 rings (SSSR count). The average molecular weight is 479 g/mol. The molecule has 0 aliphatic carbocycles. The second-order valence-corrected chi connectivity index (χ2v) is 8.35. The van der Waals surface area contributed by atoms with Crippen LogP contribution in [0.15, 0.2) is 36.4 Å². The molecule has 0 aromatic heterocycles. The number of carbonyl (C=O) groups excluding carboxylic acids is 2. The van der Waals surface area contributed by atoms with Gasteiger partial charge in [-0.1, -0.05) is 29.3 Å². The third-order valence-electron chi connectivity index (χ3n) is 5.21. The molecule has 0 spiro atoms. The molecule has 0 radical (unpaired) electrons. The second-order valence-electron chi connectivity index (χ2n) is 7.56. The number of piperidine rings is 1. The SMILES string of the molecule is COCCCNC(=O)c1cc(NC(=O)Nc2cccc(Cl)c2Cl)ccc1N1CCCCC1. The Morgan fingerprint density at radius 1 is 1.06 bits per heavy atom. The molecule has 7 nitrogen and oxygen atoms in total. The number of rotatable bonds is 8. The molecule has 3 N–H and O–H groups in total. The zero-order valence-corrected chi connectivity index (χ0v) is 19.6. The van der Waals surface area contributed by atoms with Crippen LogP contribution in [-0.2, 0) is 4.74 Å². The van der Waals surface area contributed by atoms with E-state index in [4.69, 9.17) is 27.9 Å². The fraction of sp³-hybridized carbons (Fsp3) is 0.391. The van der Waals surface area contributed by atoms with Gasteiger partial charge in [0.15, 0.2) is 0 Å². The van der Waals surface area contributed by atoms with Gasteiger partial charge in [-0.2, -0.15) is 0 Å². The lowest BCUT2D eigenvalue weighted by molar-refractivity contribution is 0.0949. The predicted molar refractivity (Wildman–Crippen MR) is 130 cm³/mol. The first kappa shape index (κ1) is 24.2. The van der Waals surface area contributed by atoms with E-state index in [1.807, 2.05) is 6.07 Å². The monoisotopic (exact) mass is 478 g/mol. The molecule has 0 atom stereocenters. The summed E-state index contributed by atoms with van der Waals surface area (Å²) in [5.41, 5.74) is 2.31. The van der Waals surface area contributed by atoms with E-state index in [1.54, 1.807) is 37.4 Å². The molecule has 0 saturated carbocycles.